The van der Waals surface area contributed by atoms with Crippen molar-refractivity contribution in [3.63, 3.8) is 0 Å². The molecular formula is C28H33F3N4O5. The molecule has 1 heterocycles. The molecule has 2 aromatic carbocycles. The number of likely N-dealkylation sites (N-methyl/N-ethyl adjacent to an activating group) is 1. The van der Waals surface area contributed by atoms with Gasteiger partial charge in [0.2, 0.25) is 5.91 Å². The van der Waals surface area contributed by atoms with Crippen LogP contribution in [0.25, 0.3) is 0 Å². The molecule has 216 valence electrons. The van der Waals surface area contributed by atoms with E-state index in [1.165, 1.54) is 24.1 Å². The van der Waals surface area contributed by atoms with Crippen LogP contribution in [0, 0.1) is 11.8 Å². The number of fused-ring (bicyclic) bond motifs is 1. The fourth-order valence-electron chi connectivity index (χ4n) is 4.42. The molecule has 3 atom stereocenters. The number of ether oxygens (including phenoxy) is 1. The molecule has 0 bridgehead atoms. The zero-order valence-electron chi connectivity index (χ0n) is 22.5. The fraction of sp³-hybridized carbons (Fsp3) is 0.464. The number of halogens is 3. The highest BCUT2D eigenvalue weighted by atomic mass is 19.4. The first-order valence-corrected chi connectivity index (χ1v) is 13.1. The summed E-state index contributed by atoms with van der Waals surface area (Å²) in [5.74, 6) is -0.460. The van der Waals surface area contributed by atoms with Crippen molar-refractivity contribution < 1.29 is 37.4 Å². The van der Waals surface area contributed by atoms with Crippen LogP contribution in [0.2, 0.25) is 0 Å². The lowest BCUT2D eigenvalue weighted by Gasteiger charge is -2.38. The maximum absolute atomic E-state index is 13.5. The van der Waals surface area contributed by atoms with Crippen LogP contribution in [-0.2, 0) is 11.0 Å². The molecule has 0 aromatic heterocycles. The molecule has 1 saturated carbocycles. The largest absolute Gasteiger partial charge is 0.487 e. The maximum atomic E-state index is 13.5. The molecule has 1 aliphatic heterocycles. The van der Waals surface area contributed by atoms with Crippen molar-refractivity contribution in [2.45, 2.75) is 45.0 Å². The smallest absolute Gasteiger partial charge is 0.416 e. The Morgan fingerprint density at radius 2 is 1.77 bits per heavy atom. The molecule has 1 fully saturated rings. The molecule has 0 radical (unpaired) electrons. The number of amides is 4. The summed E-state index contributed by atoms with van der Waals surface area (Å²) in [5.41, 5.74) is 0.0712. The Kier molecular flexibility index (Phi) is 8.57. The molecule has 2 aromatic rings. The predicted molar refractivity (Wildman–Crippen MR) is 142 cm³/mol. The van der Waals surface area contributed by atoms with Crippen LogP contribution in [0.15, 0.2) is 42.5 Å². The number of nitrogens with one attached hydrogen (secondary N) is 2. The third-order valence-electron chi connectivity index (χ3n) is 7.14. The molecular weight excluding hydrogens is 529 g/mol. The molecule has 0 unspecified atom stereocenters. The molecule has 4 amide bonds. The Morgan fingerprint density at radius 3 is 2.38 bits per heavy atom. The zero-order valence-corrected chi connectivity index (χ0v) is 22.5. The normalized spacial score (nSPS) is 20.0. The van der Waals surface area contributed by atoms with Crippen molar-refractivity contribution in [2.75, 3.05) is 37.4 Å². The number of rotatable bonds is 7. The van der Waals surface area contributed by atoms with Gasteiger partial charge in [0.25, 0.3) is 5.91 Å². The third kappa shape index (κ3) is 6.85. The molecule has 0 saturated heterocycles. The Morgan fingerprint density at radius 1 is 1.12 bits per heavy atom. The van der Waals surface area contributed by atoms with E-state index >= 15 is 0 Å². The number of hydrogen-bond acceptors (Lipinski definition) is 5. The lowest BCUT2D eigenvalue weighted by molar-refractivity contribution is -0.137. The van der Waals surface area contributed by atoms with Gasteiger partial charge in [0.05, 0.1) is 30.3 Å². The number of aliphatic hydroxyl groups is 1. The van der Waals surface area contributed by atoms with Crippen LogP contribution >= 0.6 is 0 Å². The van der Waals surface area contributed by atoms with Gasteiger partial charge in [-0.15, -0.1) is 0 Å². The minimum atomic E-state index is -4.48. The second-order valence-electron chi connectivity index (χ2n) is 10.5. The van der Waals surface area contributed by atoms with Crippen LogP contribution in [0.3, 0.4) is 0 Å². The van der Waals surface area contributed by atoms with Crippen molar-refractivity contribution in [3.05, 3.63) is 53.6 Å². The van der Waals surface area contributed by atoms with Gasteiger partial charge in [-0.05, 0) is 62.2 Å². The summed E-state index contributed by atoms with van der Waals surface area (Å²) in [7, 11) is 1.53. The number of anilines is 2. The van der Waals surface area contributed by atoms with Crippen LogP contribution < -0.4 is 15.4 Å². The van der Waals surface area contributed by atoms with E-state index in [9.17, 15) is 32.7 Å². The van der Waals surface area contributed by atoms with E-state index in [0.717, 1.165) is 25.0 Å². The van der Waals surface area contributed by atoms with Gasteiger partial charge in [-0.1, -0.05) is 6.92 Å². The van der Waals surface area contributed by atoms with Crippen LogP contribution in [-0.4, -0.2) is 71.6 Å². The van der Waals surface area contributed by atoms with Gasteiger partial charge >= 0.3 is 12.2 Å². The molecule has 3 N–H and O–H groups in total. The van der Waals surface area contributed by atoms with Crippen molar-refractivity contribution in [3.8, 4) is 5.75 Å². The number of urea groups is 1. The van der Waals surface area contributed by atoms with Crippen molar-refractivity contribution in [2.24, 2.45) is 11.8 Å². The SMILES string of the molecule is C[C@@H]1CN([C@@H](C)CO)C(=O)c2cc(NC(=O)C3CC3)ccc2O[C@@H]1CN(C)C(=O)Nc1ccc(C(F)(F)F)cc1. The summed E-state index contributed by atoms with van der Waals surface area (Å²) < 4.78 is 44.8. The highest BCUT2D eigenvalue weighted by molar-refractivity contribution is 6.00. The second kappa shape index (κ2) is 11.7. The first-order valence-electron chi connectivity index (χ1n) is 13.1. The highest BCUT2D eigenvalue weighted by Gasteiger charge is 2.35. The summed E-state index contributed by atoms with van der Waals surface area (Å²) in [6, 6.07) is 7.91. The van der Waals surface area contributed by atoms with Gasteiger partial charge < -0.3 is 30.3 Å². The summed E-state index contributed by atoms with van der Waals surface area (Å²) in [4.78, 5) is 41.6. The van der Waals surface area contributed by atoms with Gasteiger partial charge in [0, 0.05) is 36.8 Å². The van der Waals surface area contributed by atoms with Gasteiger partial charge in [0.1, 0.15) is 11.9 Å². The number of alkyl halides is 3. The average Bonchev–Trinajstić information content (AvgIpc) is 3.76. The minimum Gasteiger partial charge on any atom is -0.487 e. The summed E-state index contributed by atoms with van der Waals surface area (Å²) >= 11 is 0. The first-order chi connectivity index (χ1) is 18.9. The molecule has 1 aliphatic carbocycles. The molecule has 2 aliphatic rings. The monoisotopic (exact) mass is 562 g/mol. The van der Waals surface area contributed by atoms with Gasteiger partial charge in [-0.2, -0.15) is 13.2 Å². The first kappa shape index (κ1) is 29.2. The van der Waals surface area contributed by atoms with Crippen LogP contribution in [0.1, 0.15) is 42.6 Å². The van der Waals surface area contributed by atoms with Crippen molar-refractivity contribution in [1.29, 1.82) is 0 Å². The van der Waals surface area contributed by atoms with Gasteiger partial charge in [-0.25, -0.2) is 4.79 Å². The second-order valence-corrected chi connectivity index (χ2v) is 10.5. The minimum absolute atomic E-state index is 0.0191. The lowest BCUT2D eigenvalue weighted by Crippen LogP contribution is -2.50. The van der Waals surface area contributed by atoms with E-state index in [1.807, 2.05) is 6.92 Å². The van der Waals surface area contributed by atoms with E-state index < -0.39 is 29.9 Å². The van der Waals surface area contributed by atoms with E-state index in [1.54, 1.807) is 30.0 Å². The predicted octanol–water partition coefficient (Wildman–Crippen LogP) is 4.44. The van der Waals surface area contributed by atoms with E-state index in [0.29, 0.717) is 5.69 Å². The standard InChI is InChI=1S/C28H33F3N4O5/c1-16-13-35(17(2)15-36)26(38)22-12-21(32-25(37)18-4-5-18)10-11-23(22)40-24(16)14-34(3)27(39)33-20-8-6-19(7-9-20)28(29,30)31/h6-12,16-18,24,36H,4-5,13-15H2,1-3H3,(H,32,37)(H,33,39)/t16-,17+,24-/m1/s1. The van der Waals surface area contributed by atoms with Crippen molar-refractivity contribution >= 4 is 29.2 Å². The van der Waals surface area contributed by atoms with E-state index in [-0.39, 0.29) is 60.3 Å². The number of carbonyl (C=O) groups excluding carboxylic acids is 3. The third-order valence-corrected chi connectivity index (χ3v) is 7.14. The zero-order chi connectivity index (χ0) is 29.2. The fourth-order valence-corrected chi connectivity index (χ4v) is 4.42. The van der Waals surface area contributed by atoms with Crippen LogP contribution in [0.5, 0.6) is 5.75 Å². The lowest BCUT2D eigenvalue weighted by atomic mass is 9.99. The number of carbonyl (C=O) groups is 3. The van der Waals surface area contributed by atoms with E-state index in [2.05, 4.69) is 10.6 Å². The highest BCUT2D eigenvalue weighted by Crippen LogP contribution is 2.33. The molecule has 12 heteroatoms. The van der Waals surface area contributed by atoms with E-state index in [4.69, 9.17) is 4.74 Å². The summed E-state index contributed by atoms with van der Waals surface area (Å²) in [6.07, 6.45) is -3.39. The Labute approximate surface area is 230 Å². The van der Waals surface area contributed by atoms with Crippen LogP contribution in [0.4, 0.5) is 29.3 Å². The average molecular weight is 563 g/mol. The number of benzene rings is 2. The van der Waals surface area contributed by atoms with Crippen molar-refractivity contribution in [1.82, 2.24) is 9.80 Å². The number of hydrogen-bond donors (Lipinski definition) is 3. The summed E-state index contributed by atoms with van der Waals surface area (Å²) in [6.45, 7) is 3.67. The quantitative estimate of drug-likeness (QED) is 0.462. The topological polar surface area (TPSA) is 111 Å². The molecule has 0 spiro atoms. The Hall–Kier alpha value is -3.80. The Bertz CT molecular complexity index is 1250. The number of nitrogens with zero attached hydrogens (tertiary/aromatic N) is 2. The van der Waals surface area contributed by atoms with Gasteiger partial charge in [0.15, 0.2) is 0 Å². The molecule has 4 rings (SSSR count). The number of aliphatic hydroxyl groups excluding tert-OH is 1. The Balaban J connectivity index is 1.52. The van der Waals surface area contributed by atoms with Gasteiger partial charge in [-0.3, -0.25) is 9.59 Å². The maximum Gasteiger partial charge on any atom is 0.416 e. The summed E-state index contributed by atoms with van der Waals surface area (Å²) in [5, 5.41) is 15.2. The molecule has 40 heavy (non-hydrogen) atoms. The molecule has 9 nitrogen and oxygen atoms in total.